The lowest BCUT2D eigenvalue weighted by atomic mass is 10.3. The Morgan fingerprint density at radius 1 is 1.26 bits per heavy atom. The molecule has 2 aromatic rings. The van der Waals surface area contributed by atoms with Gasteiger partial charge in [-0.25, -0.2) is 9.37 Å². The normalized spacial score (nSPS) is 10.5. The summed E-state index contributed by atoms with van der Waals surface area (Å²) >= 11 is 13.3. The summed E-state index contributed by atoms with van der Waals surface area (Å²) in [6.07, 6.45) is 0. The van der Waals surface area contributed by atoms with Gasteiger partial charge in [-0.2, -0.15) is 0 Å². The Labute approximate surface area is 125 Å². The second-order valence-electron chi connectivity index (χ2n) is 3.67. The molecule has 0 radical (unpaired) electrons. The number of rotatable bonds is 4. The molecule has 0 aliphatic rings. The zero-order valence-electron chi connectivity index (χ0n) is 10.1. The topological polar surface area (TPSA) is 24.9 Å². The van der Waals surface area contributed by atoms with Gasteiger partial charge < -0.3 is 5.32 Å². The summed E-state index contributed by atoms with van der Waals surface area (Å²) in [6.45, 7) is 2.63. The average Bonchev–Trinajstić information content (AvgIpc) is 2.38. The first kappa shape index (κ1) is 14.4. The van der Waals surface area contributed by atoms with Crippen LogP contribution in [0.1, 0.15) is 6.92 Å². The van der Waals surface area contributed by atoms with E-state index >= 15 is 0 Å². The van der Waals surface area contributed by atoms with Crippen molar-refractivity contribution in [3.05, 3.63) is 46.2 Å². The van der Waals surface area contributed by atoms with E-state index in [1.165, 1.54) is 17.8 Å². The second kappa shape index (κ2) is 6.46. The third-order valence-corrected chi connectivity index (χ3v) is 4.03. The van der Waals surface area contributed by atoms with Crippen molar-refractivity contribution in [2.45, 2.75) is 16.8 Å². The largest absolute Gasteiger partial charge is 0.369 e. The molecule has 0 aliphatic carbocycles. The number of benzene rings is 1. The lowest BCUT2D eigenvalue weighted by molar-refractivity contribution is 0.602. The molecule has 100 valence electrons. The first-order chi connectivity index (χ1) is 9.11. The van der Waals surface area contributed by atoms with Gasteiger partial charge in [0, 0.05) is 11.4 Å². The fourth-order valence-electron chi connectivity index (χ4n) is 1.44. The van der Waals surface area contributed by atoms with E-state index in [-0.39, 0.29) is 5.82 Å². The standard InChI is InChI=1S/C13H11Cl2FN2S/c1-2-17-12-8(14)7-9(15)13(18-12)19-11-6-4-3-5-10(11)16/h3-7H,2H2,1H3,(H,17,18). The molecule has 0 amide bonds. The number of halogens is 3. The SMILES string of the molecule is CCNc1nc(Sc2ccccc2F)c(Cl)cc1Cl. The van der Waals surface area contributed by atoms with Crippen LogP contribution < -0.4 is 5.32 Å². The predicted molar refractivity (Wildman–Crippen MR) is 78.9 cm³/mol. The van der Waals surface area contributed by atoms with Gasteiger partial charge in [-0.1, -0.05) is 47.1 Å². The Kier molecular flexibility index (Phi) is 4.91. The molecule has 1 heterocycles. The third-order valence-electron chi connectivity index (χ3n) is 2.28. The molecule has 19 heavy (non-hydrogen) atoms. The van der Waals surface area contributed by atoms with Gasteiger partial charge in [-0.3, -0.25) is 0 Å². The molecule has 0 unspecified atom stereocenters. The summed E-state index contributed by atoms with van der Waals surface area (Å²) in [4.78, 5) is 4.79. The molecular weight excluding hydrogens is 306 g/mol. The predicted octanol–water partition coefficient (Wildman–Crippen LogP) is 5.11. The molecule has 2 rings (SSSR count). The first-order valence-corrected chi connectivity index (χ1v) is 7.21. The first-order valence-electron chi connectivity index (χ1n) is 5.64. The molecule has 0 aliphatic heterocycles. The highest BCUT2D eigenvalue weighted by Crippen LogP contribution is 2.36. The van der Waals surface area contributed by atoms with Gasteiger partial charge in [0.2, 0.25) is 0 Å². The van der Waals surface area contributed by atoms with Crippen LogP contribution in [0.5, 0.6) is 0 Å². The number of nitrogens with one attached hydrogen (secondary N) is 1. The van der Waals surface area contributed by atoms with Crippen molar-refractivity contribution in [2.24, 2.45) is 0 Å². The fraction of sp³-hybridized carbons (Fsp3) is 0.154. The fourth-order valence-corrected chi connectivity index (χ4v) is 2.80. The van der Waals surface area contributed by atoms with Gasteiger partial charge in [0.05, 0.1) is 10.0 Å². The summed E-state index contributed by atoms with van der Waals surface area (Å²) in [5.74, 6) is 0.248. The van der Waals surface area contributed by atoms with Gasteiger partial charge in [-0.15, -0.1) is 0 Å². The zero-order chi connectivity index (χ0) is 13.8. The summed E-state index contributed by atoms with van der Waals surface area (Å²) in [6, 6.07) is 8.09. The molecular formula is C13H11Cl2FN2S. The van der Waals surface area contributed by atoms with E-state index in [0.29, 0.717) is 32.3 Å². The summed E-state index contributed by atoms with van der Waals surface area (Å²) < 4.78 is 13.6. The molecule has 0 fully saturated rings. The van der Waals surface area contributed by atoms with Crippen molar-refractivity contribution in [1.29, 1.82) is 0 Å². The second-order valence-corrected chi connectivity index (χ2v) is 5.51. The minimum Gasteiger partial charge on any atom is -0.369 e. The number of nitrogens with zero attached hydrogens (tertiary/aromatic N) is 1. The molecule has 0 saturated heterocycles. The molecule has 0 atom stereocenters. The number of pyridine rings is 1. The maximum Gasteiger partial charge on any atom is 0.146 e. The summed E-state index contributed by atoms with van der Waals surface area (Å²) in [5.41, 5.74) is 0. The van der Waals surface area contributed by atoms with E-state index in [4.69, 9.17) is 23.2 Å². The van der Waals surface area contributed by atoms with E-state index in [1.807, 2.05) is 6.92 Å². The van der Waals surface area contributed by atoms with Crippen LogP contribution in [0.25, 0.3) is 0 Å². The van der Waals surface area contributed by atoms with Crippen LogP contribution in [0.2, 0.25) is 10.0 Å². The molecule has 2 nitrogen and oxygen atoms in total. The molecule has 1 aromatic heterocycles. The van der Waals surface area contributed by atoms with E-state index in [2.05, 4.69) is 10.3 Å². The number of aromatic nitrogens is 1. The molecule has 0 spiro atoms. The Balaban J connectivity index is 2.34. The summed E-state index contributed by atoms with van der Waals surface area (Å²) in [7, 11) is 0. The van der Waals surface area contributed by atoms with Crippen LogP contribution in [0.4, 0.5) is 10.2 Å². The van der Waals surface area contributed by atoms with Gasteiger partial charge >= 0.3 is 0 Å². The van der Waals surface area contributed by atoms with Crippen molar-refractivity contribution in [3.63, 3.8) is 0 Å². The highest BCUT2D eigenvalue weighted by molar-refractivity contribution is 7.99. The van der Waals surface area contributed by atoms with E-state index < -0.39 is 0 Å². The number of hydrogen-bond acceptors (Lipinski definition) is 3. The van der Waals surface area contributed by atoms with Crippen LogP contribution in [-0.2, 0) is 0 Å². The van der Waals surface area contributed by atoms with Crippen LogP contribution in [0, 0.1) is 5.82 Å². The van der Waals surface area contributed by atoms with Crippen LogP contribution in [0.15, 0.2) is 40.3 Å². The Morgan fingerprint density at radius 3 is 2.68 bits per heavy atom. The van der Waals surface area contributed by atoms with Crippen molar-refractivity contribution in [1.82, 2.24) is 4.98 Å². The monoisotopic (exact) mass is 316 g/mol. The minimum atomic E-state index is -0.301. The summed E-state index contributed by atoms with van der Waals surface area (Å²) in [5, 5.41) is 4.41. The maximum atomic E-state index is 13.6. The molecule has 1 N–H and O–H groups in total. The number of anilines is 1. The Bertz CT molecular complexity index is 593. The molecule has 0 saturated carbocycles. The lowest BCUT2D eigenvalue weighted by Crippen LogP contribution is -2.01. The molecule has 6 heteroatoms. The number of hydrogen-bond donors (Lipinski definition) is 1. The van der Waals surface area contributed by atoms with Crippen molar-refractivity contribution < 1.29 is 4.39 Å². The van der Waals surface area contributed by atoms with Crippen LogP contribution in [0.3, 0.4) is 0 Å². The van der Waals surface area contributed by atoms with Crippen LogP contribution >= 0.6 is 35.0 Å². The van der Waals surface area contributed by atoms with Gasteiger partial charge in [-0.05, 0) is 25.1 Å². The highest BCUT2D eigenvalue weighted by Gasteiger charge is 2.12. The Hall–Kier alpha value is -0.970. The average molecular weight is 317 g/mol. The highest BCUT2D eigenvalue weighted by atomic mass is 35.5. The van der Waals surface area contributed by atoms with E-state index in [9.17, 15) is 4.39 Å². The third kappa shape index (κ3) is 3.53. The van der Waals surface area contributed by atoms with Crippen molar-refractivity contribution >= 4 is 40.8 Å². The lowest BCUT2D eigenvalue weighted by Gasteiger charge is -2.09. The van der Waals surface area contributed by atoms with Crippen LogP contribution in [-0.4, -0.2) is 11.5 Å². The molecule has 1 aromatic carbocycles. The minimum absolute atomic E-state index is 0.301. The van der Waals surface area contributed by atoms with E-state index in [0.717, 1.165) is 0 Å². The van der Waals surface area contributed by atoms with Gasteiger partial charge in [0.1, 0.15) is 16.7 Å². The Morgan fingerprint density at radius 2 is 2.00 bits per heavy atom. The van der Waals surface area contributed by atoms with Gasteiger partial charge in [0.15, 0.2) is 0 Å². The maximum absolute atomic E-state index is 13.6. The zero-order valence-corrected chi connectivity index (χ0v) is 12.4. The smallest absolute Gasteiger partial charge is 0.146 e. The van der Waals surface area contributed by atoms with Crippen molar-refractivity contribution in [3.8, 4) is 0 Å². The van der Waals surface area contributed by atoms with E-state index in [1.54, 1.807) is 24.3 Å². The molecule has 0 bridgehead atoms. The van der Waals surface area contributed by atoms with Gasteiger partial charge in [0.25, 0.3) is 0 Å². The quantitative estimate of drug-likeness (QED) is 0.848. The van der Waals surface area contributed by atoms with Crippen molar-refractivity contribution in [2.75, 3.05) is 11.9 Å².